The number of carboxylic acid groups (broad SMARTS) is 1. The van der Waals surface area contributed by atoms with Crippen molar-refractivity contribution in [2.24, 2.45) is 17.6 Å². The van der Waals surface area contributed by atoms with Gasteiger partial charge in [-0.05, 0) is 61.7 Å². The number of ether oxygens (including phenoxy) is 1. The van der Waals surface area contributed by atoms with Gasteiger partial charge in [0.15, 0.2) is 5.78 Å². The predicted molar refractivity (Wildman–Crippen MR) is 132 cm³/mol. The molecule has 5 N–H and O–H groups in total. The van der Waals surface area contributed by atoms with Gasteiger partial charge in [-0.15, -0.1) is 13.2 Å². The fourth-order valence-corrected chi connectivity index (χ4v) is 5.41. The molecule has 0 aromatic heterocycles. The average Bonchev–Trinajstić information content (AvgIpc) is 3.35. The molecule has 14 heteroatoms. The summed E-state index contributed by atoms with van der Waals surface area (Å²) in [6.45, 7) is 1.31. The first-order valence-electron chi connectivity index (χ1n) is 12.1. The SMILES string of the molecule is CC(=O)c1ccc(N2C(=O)C3C(c4cccc(OC(F)(F)F)c4)NC(CCCNC(N)=O)(C(=O)O)C3C2=O)cc1. The molecule has 0 radical (unpaired) electrons. The minimum Gasteiger partial charge on any atom is -0.480 e. The summed E-state index contributed by atoms with van der Waals surface area (Å²) in [7, 11) is 0. The van der Waals surface area contributed by atoms with Crippen molar-refractivity contribution >= 4 is 35.3 Å². The molecule has 4 atom stereocenters. The van der Waals surface area contributed by atoms with Crippen molar-refractivity contribution in [3.05, 3.63) is 59.7 Å². The maximum absolute atomic E-state index is 13.8. The second-order valence-corrected chi connectivity index (χ2v) is 9.53. The van der Waals surface area contributed by atoms with E-state index in [2.05, 4.69) is 15.4 Å². The molecule has 4 rings (SSSR count). The van der Waals surface area contributed by atoms with Gasteiger partial charge in [0.05, 0.1) is 17.5 Å². The Hall–Kier alpha value is -4.46. The summed E-state index contributed by atoms with van der Waals surface area (Å²) in [5.41, 5.74) is 3.59. The van der Waals surface area contributed by atoms with Crippen LogP contribution >= 0.6 is 0 Å². The first-order valence-corrected chi connectivity index (χ1v) is 12.1. The molecule has 2 aliphatic rings. The molecule has 0 spiro atoms. The molecule has 4 unspecified atom stereocenters. The molecule has 2 aromatic rings. The topological polar surface area (TPSA) is 168 Å². The summed E-state index contributed by atoms with van der Waals surface area (Å²) in [4.78, 5) is 63.9. The van der Waals surface area contributed by atoms with E-state index in [4.69, 9.17) is 5.73 Å². The number of rotatable bonds is 9. The average molecular weight is 563 g/mol. The van der Waals surface area contributed by atoms with Crippen LogP contribution in [0.15, 0.2) is 48.5 Å². The van der Waals surface area contributed by atoms with Gasteiger partial charge in [0.25, 0.3) is 0 Å². The number of Topliss-reactive ketones (excluding diaryl/α,β-unsaturated/α-hetero) is 1. The fraction of sp³-hybridized carbons (Fsp3) is 0.346. The number of nitrogens with two attached hydrogens (primary N) is 1. The van der Waals surface area contributed by atoms with Gasteiger partial charge in [0.2, 0.25) is 11.8 Å². The summed E-state index contributed by atoms with van der Waals surface area (Å²) in [6, 6.07) is 8.30. The van der Waals surface area contributed by atoms with Gasteiger partial charge in [-0.1, -0.05) is 12.1 Å². The fourth-order valence-electron chi connectivity index (χ4n) is 5.41. The third kappa shape index (κ3) is 5.34. The molecule has 11 nitrogen and oxygen atoms in total. The van der Waals surface area contributed by atoms with Crippen molar-refractivity contribution in [2.75, 3.05) is 11.4 Å². The van der Waals surface area contributed by atoms with Crippen LogP contribution in [0.4, 0.5) is 23.7 Å². The highest BCUT2D eigenvalue weighted by molar-refractivity contribution is 6.24. The van der Waals surface area contributed by atoms with Crippen LogP contribution in [0.2, 0.25) is 0 Å². The Kier molecular flexibility index (Phi) is 7.57. The van der Waals surface area contributed by atoms with E-state index in [9.17, 15) is 42.3 Å². The van der Waals surface area contributed by atoms with Crippen molar-refractivity contribution in [2.45, 2.75) is 37.7 Å². The van der Waals surface area contributed by atoms with Crippen molar-refractivity contribution in [1.82, 2.24) is 10.6 Å². The highest BCUT2D eigenvalue weighted by Gasteiger charge is 2.68. The van der Waals surface area contributed by atoms with Crippen LogP contribution in [0.25, 0.3) is 0 Å². The van der Waals surface area contributed by atoms with Gasteiger partial charge in [0.1, 0.15) is 11.3 Å². The van der Waals surface area contributed by atoms with Crippen molar-refractivity contribution in [1.29, 1.82) is 0 Å². The van der Waals surface area contributed by atoms with Gasteiger partial charge in [-0.2, -0.15) is 0 Å². The van der Waals surface area contributed by atoms with E-state index in [0.29, 0.717) is 5.56 Å². The zero-order valence-electron chi connectivity index (χ0n) is 21.0. The Balaban J connectivity index is 1.78. The molecular formula is C26H25F3N4O7. The number of ketones is 1. The molecule has 0 aliphatic carbocycles. The zero-order valence-corrected chi connectivity index (χ0v) is 21.0. The molecule has 0 saturated carbocycles. The molecule has 4 amide bonds. The lowest BCUT2D eigenvalue weighted by Crippen LogP contribution is -2.56. The number of aliphatic carboxylic acids is 1. The number of alkyl halides is 3. The molecule has 2 heterocycles. The summed E-state index contributed by atoms with van der Waals surface area (Å²) < 4.78 is 42.6. The Labute approximate surface area is 225 Å². The van der Waals surface area contributed by atoms with Gasteiger partial charge < -0.3 is 20.9 Å². The summed E-state index contributed by atoms with van der Waals surface area (Å²) in [5, 5.41) is 15.6. The number of amides is 4. The Morgan fingerprint density at radius 2 is 1.80 bits per heavy atom. The predicted octanol–water partition coefficient (Wildman–Crippen LogP) is 2.51. The maximum Gasteiger partial charge on any atom is 0.573 e. The van der Waals surface area contributed by atoms with Crippen LogP contribution < -0.4 is 26.0 Å². The molecule has 2 saturated heterocycles. The van der Waals surface area contributed by atoms with Crippen LogP contribution in [0.3, 0.4) is 0 Å². The smallest absolute Gasteiger partial charge is 0.480 e. The number of carboxylic acids is 1. The first-order chi connectivity index (χ1) is 18.7. The van der Waals surface area contributed by atoms with E-state index in [1.165, 1.54) is 43.3 Å². The second-order valence-electron chi connectivity index (χ2n) is 9.53. The number of nitrogens with one attached hydrogen (secondary N) is 2. The van der Waals surface area contributed by atoms with E-state index in [0.717, 1.165) is 17.0 Å². The first kappa shape index (κ1) is 28.5. The third-order valence-electron chi connectivity index (χ3n) is 7.07. The molecular weight excluding hydrogens is 537 g/mol. The van der Waals surface area contributed by atoms with E-state index in [1.54, 1.807) is 0 Å². The van der Waals surface area contributed by atoms with Crippen LogP contribution in [0, 0.1) is 11.8 Å². The highest BCUT2D eigenvalue weighted by atomic mass is 19.4. The van der Waals surface area contributed by atoms with E-state index in [1.807, 2.05) is 0 Å². The number of fused-ring (bicyclic) bond motifs is 1. The van der Waals surface area contributed by atoms with Crippen molar-refractivity contribution in [3.8, 4) is 5.75 Å². The number of imide groups is 1. The number of benzene rings is 2. The molecule has 0 bridgehead atoms. The summed E-state index contributed by atoms with van der Waals surface area (Å²) in [5.74, 6) is -6.63. The Morgan fingerprint density at radius 1 is 1.12 bits per heavy atom. The molecule has 2 aromatic carbocycles. The third-order valence-corrected chi connectivity index (χ3v) is 7.07. The number of primary amides is 1. The second kappa shape index (κ2) is 10.6. The number of hydrogen-bond donors (Lipinski definition) is 4. The minimum absolute atomic E-state index is 0.0264. The van der Waals surface area contributed by atoms with Gasteiger partial charge >= 0.3 is 18.4 Å². The largest absolute Gasteiger partial charge is 0.573 e. The van der Waals surface area contributed by atoms with Crippen LogP contribution in [-0.4, -0.2) is 53.2 Å². The van der Waals surface area contributed by atoms with Crippen molar-refractivity contribution in [3.63, 3.8) is 0 Å². The van der Waals surface area contributed by atoms with Crippen molar-refractivity contribution < 1.29 is 47.0 Å². The number of carbonyl (C=O) groups excluding carboxylic acids is 4. The lowest BCUT2D eigenvalue weighted by atomic mass is 9.77. The van der Waals surface area contributed by atoms with Crippen LogP contribution in [-0.2, 0) is 14.4 Å². The standard InChI is InChI=1S/C26H25F3N4O7/c1-13(34)14-6-8-16(9-7-14)33-21(35)18-19(22(33)36)25(23(37)38,10-3-11-31-24(30)39)32-20(18)15-4-2-5-17(12-15)40-26(27,28)29/h2,4-9,12,18-20,32H,3,10-11H2,1H3,(H,37,38)(H3,30,31,39). The Morgan fingerprint density at radius 3 is 2.38 bits per heavy atom. The number of anilines is 1. The number of carbonyl (C=O) groups is 5. The Bertz CT molecular complexity index is 1360. The molecule has 40 heavy (non-hydrogen) atoms. The number of nitrogens with zero attached hydrogens (tertiary/aromatic N) is 1. The summed E-state index contributed by atoms with van der Waals surface area (Å²) >= 11 is 0. The lowest BCUT2D eigenvalue weighted by Gasteiger charge is -2.31. The van der Waals surface area contributed by atoms with E-state index >= 15 is 0 Å². The lowest BCUT2D eigenvalue weighted by molar-refractivity contribution is -0.274. The molecule has 2 aliphatic heterocycles. The zero-order chi connectivity index (χ0) is 29.4. The molecule has 212 valence electrons. The van der Waals surface area contributed by atoms with Gasteiger partial charge in [0, 0.05) is 18.2 Å². The van der Waals surface area contributed by atoms with Crippen LogP contribution in [0.5, 0.6) is 5.75 Å². The van der Waals surface area contributed by atoms with E-state index in [-0.39, 0.29) is 36.4 Å². The molecule has 2 fully saturated rings. The van der Waals surface area contributed by atoms with Gasteiger partial charge in [-0.3, -0.25) is 24.5 Å². The number of halogens is 3. The monoisotopic (exact) mass is 562 g/mol. The maximum atomic E-state index is 13.8. The highest BCUT2D eigenvalue weighted by Crippen LogP contribution is 2.51. The normalized spacial score (nSPS) is 24.1. The van der Waals surface area contributed by atoms with Crippen LogP contribution in [0.1, 0.15) is 41.7 Å². The van der Waals surface area contributed by atoms with E-state index < -0.39 is 59.3 Å². The minimum atomic E-state index is -5.00. The summed E-state index contributed by atoms with van der Waals surface area (Å²) in [6.07, 6.45) is -5.18. The van der Waals surface area contributed by atoms with Gasteiger partial charge in [-0.25, -0.2) is 9.69 Å². The number of urea groups is 1. The number of hydrogen-bond acceptors (Lipinski definition) is 7. The quantitative estimate of drug-likeness (QED) is 0.205.